The fourth-order valence-corrected chi connectivity index (χ4v) is 3.79. The van der Waals surface area contributed by atoms with Crippen molar-refractivity contribution < 1.29 is 9.13 Å². The summed E-state index contributed by atoms with van der Waals surface area (Å²) >= 11 is 0. The van der Waals surface area contributed by atoms with Gasteiger partial charge in [0.15, 0.2) is 17.6 Å². The third kappa shape index (κ3) is 5.29. The van der Waals surface area contributed by atoms with Crippen LogP contribution in [0.5, 0.6) is 5.75 Å². The van der Waals surface area contributed by atoms with Crippen LogP contribution in [0.25, 0.3) is 0 Å². The molecule has 2 aromatic rings. The number of guanidine groups is 1. The van der Waals surface area contributed by atoms with Gasteiger partial charge in [-0.1, -0.05) is 12.1 Å². The molecule has 1 unspecified atom stereocenters. The Morgan fingerprint density at radius 1 is 1.38 bits per heavy atom. The van der Waals surface area contributed by atoms with Gasteiger partial charge in [0, 0.05) is 45.3 Å². The van der Waals surface area contributed by atoms with Crippen LogP contribution >= 0.6 is 24.0 Å². The largest absolute Gasteiger partial charge is 0.493 e. The molecule has 156 valence electrons. The van der Waals surface area contributed by atoms with E-state index < -0.39 is 0 Å². The minimum atomic E-state index is -0.273. The van der Waals surface area contributed by atoms with Crippen molar-refractivity contribution in [2.24, 2.45) is 4.99 Å². The summed E-state index contributed by atoms with van der Waals surface area (Å²) in [7, 11) is 1.77. The number of nitrogens with zero attached hydrogens (tertiary/aromatic N) is 3. The molecule has 1 aromatic carbocycles. The van der Waals surface area contributed by atoms with Crippen molar-refractivity contribution in [1.29, 1.82) is 0 Å². The first-order chi connectivity index (χ1) is 13.7. The minimum Gasteiger partial charge on any atom is -0.493 e. The molecule has 2 aliphatic heterocycles. The lowest BCUT2D eigenvalue weighted by Crippen LogP contribution is -2.45. The number of aromatic nitrogens is 1. The number of rotatable bonds is 5. The summed E-state index contributed by atoms with van der Waals surface area (Å²) < 4.78 is 19.5. The van der Waals surface area contributed by atoms with Gasteiger partial charge in [-0.2, -0.15) is 0 Å². The second-order valence-electron chi connectivity index (χ2n) is 7.17. The molecule has 0 bridgehead atoms. The fourth-order valence-electron chi connectivity index (χ4n) is 3.79. The zero-order valence-corrected chi connectivity index (χ0v) is 18.9. The molecular weight excluding hydrogens is 484 g/mol. The quantitative estimate of drug-likeness (QED) is 0.368. The van der Waals surface area contributed by atoms with Crippen LogP contribution in [0.2, 0.25) is 0 Å². The topological polar surface area (TPSA) is 61.8 Å². The number of nitrogens with one attached hydrogen (secondary N) is 2. The summed E-state index contributed by atoms with van der Waals surface area (Å²) in [5, 5.41) is 6.82. The number of aliphatic imine (C=N–C) groups is 1. The maximum Gasteiger partial charge on any atom is 0.191 e. The van der Waals surface area contributed by atoms with Crippen LogP contribution in [0.15, 0.2) is 41.5 Å². The number of hydrogen-bond donors (Lipinski definition) is 2. The third-order valence-electron chi connectivity index (χ3n) is 5.25. The van der Waals surface area contributed by atoms with Gasteiger partial charge in [0.05, 0.1) is 6.61 Å². The molecule has 0 aliphatic carbocycles. The molecule has 1 aromatic heterocycles. The summed E-state index contributed by atoms with van der Waals surface area (Å²) in [6.07, 6.45) is 4.46. The van der Waals surface area contributed by atoms with Crippen molar-refractivity contribution in [1.82, 2.24) is 15.6 Å². The Balaban J connectivity index is 0.00000240. The van der Waals surface area contributed by atoms with Gasteiger partial charge in [-0.25, -0.2) is 9.37 Å². The van der Waals surface area contributed by atoms with E-state index in [-0.39, 0.29) is 35.8 Å². The highest BCUT2D eigenvalue weighted by Crippen LogP contribution is 2.26. The highest BCUT2D eigenvalue weighted by molar-refractivity contribution is 14.0. The lowest BCUT2D eigenvalue weighted by atomic mass is 10.1. The Morgan fingerprint density at radius 3 is 3.10 bits per heavy atom. The number of anilines is 1. The first-order valence-electron chi connectivity index (χ1n) is 9.80. The van der Waals surface area contributed by atoms with Crippen molar-refractivity contribution >= 4 is 35.8 Å². The number of pyridine rings is 1. The third-order valence-corrected chi connectivity index (χ3v) is 5.25. The highest BCUT2D eigenvalue weighted by atomic mass is 127. The second kappa shape index (κ2) is 10.1. The summed E-state index contributed by atoms with van der Waals surface area (Å²) in [5.74, 6) is 1.95. The van der Waals surface area contributed by atoms with Crippen molar-refractivity contribution in [3.8, 4) is 5.75 Å². The SMILES string of the molecule is CN=C(NCCc1ccc2c(c1)CCO2)NC1CCN(c2ncccc2F)C1.I. The molecule has 6 nitrogen and oxygen atoms in total. The van der Waals surface area contributed by atoms with E-state index in [2.05, 4.69) is 38.8 Å². The molecule has 8 heteroatoms. The molecule has 29 heavy (non-hydrogen) atoms. The Labute approximate surface area is 188 Å². The van der Waals surface area contributed by atoms with Crippen molar-refractivity contribution in [2.45, 2.75) is 25.3 Å². The number of halogens is 2. The molecule has 4 rings (SSSR count). The molecule has 2 N–H and O–H groups in total. The maximum atomic E-state index is 13.9. The first kappa shape index (κ1) is 21.6. The van der Waals surface area contributed by atoms with E-state index >= 15 is 0 Å². The maximum absolute atomic E-state index is 13.9. The van der Waals surface area contributed by atoms with Gasteiger partial charge < -0.3 is 20.3 Å². The fraction of sp³-hybridized carbons (Fsp3) is 0.429. The van der Waals surface area contributed by atoms with Crippen LogP contribution in [-0.4, -0.2) is 50.3 Å². The van der Waals surface area contributed by atoms with Crippen LogP contribution < -0.4 is 20.3 Å². The lowest BCUT2D eigenvalue weighted by molar-refractivity contribution is 0.357. The van der Waals surface area contributed by atoms with Crippen molar-refractivity contribution in [2.75, 3.05) is 38.2 Å². The van der Waals surface area contributed by atoms with Crippen LogP contribution in [0, 0.1) is 5.82 Å². The summed E-state index contributed by atoms with van der Waals surface area (Å²) in [4.78, 5) is 10.5. The van der Waals surface area contributed by atoms with E-state index in [1.807, 2.05) is 4.90 Å². The average Bonchev–Trinajstić information content (AvgIpc) is 3.36. The standard InChI is InChI=1S/C21H26FN5O.HI/c1-23-21(25-10-6-15-4-5-19-16(13-15)8-12-28-19)26-17-7-11-27(14-17)20-18(22)3-2-9-24-20;/h2-5,9,13,17H,6-8,10-12,14H2,1H3,(H2,23,25,26);1H. The first-order valence-corrected chi connectivity index (χ1v) is 9.80. The van der Waals surface area contributed by atoms with E-state index in [1.54, 1.807) is 19.3 Å². The minimum absolute atomic E-state index is 0. The zero-order chi connectivity index (χ0) is 19.3. The highest BCUT2D eigenvalue weighted by Gasteiger charge is 2.25. The van der Waals surface area contributed by atoms with Gasteiger partial charge in [-0.05, 0) is 42.2 Å². The molecule has 1 atom stereocenters. The molecule has 0 amide bonds. The van der Waals surface area contributed by atoms with Gasteiger partial charge in [0.2, 0.25) is 0 Å². The molecule has 0 radical (unpaired) electrons. The number of benzene rings is 1. The molecule has 3 heterocycles. The summed E-state index contributed by atoms with van der Waals surface area (Å²) in [5.41, 5.74) is 2.60. The van der Waals surface area contributed by atoms with E-state index in [4.69, 9.17) is 4.74 Å². The number of hydrogen-bond acceptors (Lipinski definition) is 4. The van der Waals surface area contributed by atoms with Crippen LogP contribution in [0.4, 0.5) is 10.2 Å². The molecule has 2 aliphatic rings. The molecular formula is C21H27FIN5O. The Bertz CT molecular complexity index is 863. The van der Waals surface area contributed by atoms with Crippen molar-refractivity contribution in [3.63, 3.8) is 0 Å². The smallest absolute Gasteiger partial charge is 0.191 e. The van der Waals surface area contributed by atoms with E-state index in [0.29, 0.717) is 12.4 Å². The molecule has 1 saturated heterocycles. The number of fused-ring (bicyclic) bond motifs is 1. The van der Waals surface area contributed by atoms with Crippen LogP contribution in [0.1, 0.15) is 17.5 Å². The van der Waals surface area contributed by atoms with E-state index in [0.717, 1.165) is 50.7 Å². The van der Waals surface area contributed by atoms with Crippen LogP contribution in [-0.2, 0) is 12.8 Å². The van der Waals surface area contributed by atoms with Gasteiger partial charge in [0.25, 0.3) is 0 Å². The van der Waals surface area contributed by atoms with Gasteiger partial charge in [-0.3, -0.25) is 4.99 Å². The predicted molar refractivity (Wildman–Crippen MR) is 124 cm³/mol. The summed E-state index contributed by atoms with van der Waals surface area (Å²) in [6.45, 7) is 3.07. The van der Waals surface area contributed by atoms with Gasteiger partial charge >= 0.3 is 0 Å². The van der Waals surface area contributed by atoms with Gasteiger partial charge in [-0.15, -0.1) is 24.0 Å². The van der Waals surface area contributed by atoms with Crippen LogP contribution in [0.3, 0.4) is 0 Å². The predicted octanol–water partition coefficient (Wildman–Crippen LogP) is 2.76. The molecule has 0 spiro atoms. The zero-order valence-electron chi connectivity index (χ0n) is 16.5. The van der Waals surface area contributed by atoms with E-state index in [9.17, 15) is 4.39 Å². The molecule has 0 saturated carbocycles. The monoisotopic (exact) mass is 511 g/mol. The van der Waals surface area contributed by atoms with Crippen molar-refractivity contribution in [3.05, 3.63) is 53.5 Å². The van der Waals surface area contributed by atoms with Gasteiger partial charge in [0.1, 0.15) is 5.75 Å². The lowest BCUT2D eigenvalue weighted by Gasteiger charge is -2.20. The van der Waals surface area contributed by atoms with E-state index in [1.165, 1.54) is 17.2 Å². The average molecular weight is 511 g/mol. The number of ether oxygens (including phenoxy) is 1. The second-order valence-corrected chi connectivity index (χ2v) is 7.17. The molecule has 1 fully saturated rings. The Hall–Kier alpha value is -2.10. The normalized spacial score (nSPS) is 18.1. The Morgan fingerprint density at radius 2 is 2.28 bits per heavy atom. The Kier molecular flexibility index (Phi) is 7.51. The summed E-state index contributed by atoms with van der Waals surface area (Å²) in [6, 6.07) is 9.70.